The molecule has 2 unspecified atom stereocenters. The average Bonchev–Trinajstić information content (AvgIpc) is 2.76. The molecule has 6 heteroatoms. The van der Waals surface area contributed by atoms with Crippen LogP contribution in [0.5, 0.6) is 0 Å². The summed E-state index contributed by atoms with van der Waals surface area (Å²) in [7, 11) is 13.2. The maximum atomic E-state index is 6.90. The van der Waals surface area contributed by atoms with Crippen LogP contribution in [-0.4, -0.2) is 17.0 Å². The third-order valence-corrected chi connectivity index (χ3v) is 9.03. The van der Waals surface area contributed by atoms with Gasteiger partial charge in [-0.3, -0.25) is 0 Å². The fraction of sp³-hybridized carbons (Fsp3) is 0.571. The van der Waals surface area contributed by atoms with E-state index in [0.717, 1.165) is 0 Å². The van der Waals surface area contributed by atoms with E-state index in [1.54, 1.807) is 0 Å². The van der Waals surface area contributed by atoms with Crippen LogP contribution in [0.2, 0.25) is 0 Å². The van der Waals surface area contributed by atoms with Gasteiger partial charge in [-0.05, 0) is 0 Å². The Morgan fingerprint density at radius 1 is 0.618 bits per heavy atom. The maximum absolute atomic E-state index is 6.90. The summed E-state index contributed by atoms with van der Waals surface area (Å²) in [5.41, 5.74) is 21.5. The Morgan fingerprint density at radius 3 is 1.09 bits per heavy atom. The molecule has 0 aromatic heterocycles. The Kier molecular flexibility index (Phi) is 11.4. The van der Waals surface area contributed by atoms with Crippen molar-refractivity contribution in [2.75, 3.05) is 13.1 Å². The second-order valence-corrected chi connectivity index (χ2v) is 14.7. The standard InChI is InChI=1S/C28H44N3.2ClH.Mn/c1-17(2)21-11-9-12-22(18(3)4)27(21)25(29)15-31-16-26(30)28-23(19(5)6)13-10-14-24(28)20(7)8;;;/h9-14,17-20,25-26H,15-16,29-30H2,1-8H3;2*1H;/q-1;;;+3/p-2. The fourth-order valence-corrected chi connectivity index (χ4v) is 6.51. The van der Waals surface area contributed by atoms with Crippen molar-refractivity contribution in [1.82, 2.24) is 3.92 Å². The van der Waals surface area contributed by atoms with Crippen molar-refractivity contribution in [3.05, 3.63) is 69.8 Å². The van der Waals surface area contributed by atoms with Crippen LogP contribution < -0.4 is 11.5 Å². The number of nitrogens with two attached hydrogens (primary N) is 2. The van der Waals surface area contributed by atoms with Crippen molar-refractivity contribution in [3.8, 4) is 0 Å². The molecule has 0 bridgehead atoms. The molecule has 0 aliphatic heterocycles. The number of benzene rings is 2. The van der Waals surface area contributed by atoms with Gasteiger partial charge in [0.05, 0.1) is 0 Å². The molecular formula is C28H44Cl2MnN3. The van der Waals surface area contributed by atoms with Crippen LogP contribution in [0.4, 0.5) is 0 Å². The molecule has 3 nitrogen and oxygen atoms in total. The van der Waals surface area contributed by atoms with Gasteiger partial charge in [0.2, 0.25) is 0 Å². The van der Waals surface area contributed by atoms with Gasteiger partial charge in [0.15, 0.2) is 0 Å². The summed E-state index contributed by atoms with van der Waals surface area (Å²) < 4.78 is 2.12. The van der Waals surface area contributed by atoms with E-state index in [0.29, 0.717) is 36.8 Å². The number of hydrogen-bond donors (Lipinski definition) is 2. The van der Waals surface area contributed by atoms with Gasteiger partial charge in [0, 0.05) is 0 Å². The van der Waals surface area contributed by atoms with Crippen LogP contribution in [0.25, 0.3) is 0 Å². The summed E-state index contributed by atoms with van der Waals surface area (Å²) in [5.74, 6) is 1.55. The summed E-state index contributed by atoms with van der Waals surface area (Å²) in [6.45, 7) is 18.9. The molecule has 2 atom stereocenters. The molecule has 2 aromatic rings. The second kappa shape index (κ2) is 13.1. The summed E-state index contributed by atoms with van der Waals surface area (Å²) >= 11 is -1.81. The van der Waals surface area contributed by atoms with Crippen LogP contribution in [0, 0.1) is 0 Å². The van der Waals surface area contributed by atoms with Gasteiger partial charge in [-0.2, -0.15) is 0 Å². The monoisotopic (exact) mass is 547 g/mol. The quantitative estimate of drug-likeness (QED) is 0.280. The van der Waals surface area contributed by atoms with E-state index in [-0.39, 0.29) is 12.1 Å². The number of hydrogen-bond acceptors (Lipinski definition) is 3. The van der Waals surface area contributed by atoms with E-state index in [2.05, 4.69) is 95.7 Å². The molecule has 0 aliphatic rings. The van der Waals surface area contributed by atoms with Crippen LogP contribution in [-0.2, 0) is 12.3 Å². The molecule has 0 fully saturated rings. The zero-order valence-corrected chi connectivity index (χ0v) is 24.8. The summed E-state index contributed by atoms with van der Waals surface area (Å²) in [6, 6.07) is 12.7. The van der Waals surface area contributed by atoms with Gasteiger partial charge < -0.3 is 0 Å². The zero-order valence-electron chi connectivity index (χ0n) is 22.1. The molecular weight excluding hydrogens is 504 g/mol. The molecule has 0 saturated heterocycles. The van der Waals surface area contributed by atoms with Crippen molar-refractivity contribution < 1.29 is 12.3 Å². The molecule has 2 aromatic carbocycles. The molecule has 0 aliphatic carbocycles. The van der Waals surface area contributed by atoms with Gasteiger partial charge in [-0.1, -0.05) is 0 Å². The number of halogens is 2. The first-order chi connectivity index (χ1) is 15.9. The average molecular weight is 549 g/mol. The molecule has 0 radical (unpaired) electrons. The van der Waals surface area contributed by atoms with E-state index in [4.69, 9.17) is 31.7 Å². The molecule has 0 heterocycles. The van der Waals surface area contributed by atoms with E-state index < -0.39 is 12.3 Å². The van der Waals surface area contributed by atoms with Gasteiger partial charge >= 0.3 is 222 Å². The molecule has 0 amide bonds. The van der Waals surface area contributed by atoms with Crippen molar-refractivity contribution in [2.45, 2.75) is 91.1 Å². The van der Waals surface area contributed by atoms with Gasteiger partial charge in [0.25, 0.3) is 0 Å². The first kappa shape index (κ1) is 29.6. The Labute approximate surface area is 221 Å². The van der Waals surface area contributed by atoms with E-state index >= 15 is 0 Å². The normalized spacial score (nSPS) is 14.6. The van der Waals surface area contributed by atoms with Crippen LogP contribution in [0.15, 0.2) is 36.4 Å². The summed E-state index contributed by atoms with van der Waals surface area (Å²) in [4.78, 5) is 0. The van der Waals surface area contributed by atoms with Crippen LogP contribution >= 0.6 is 20.2 Å². The molecule has 2 rings (SSSR count). The predicted molar refractivity (Wildman–Crippen MR) is 146 cm³/mol. The summed E-state index contributed by atoms with van der Waals surface area (Å²) in [5, 5.41) is 0. The molecule has 192 valence electrons. The molecule has 0 spiro atoms. The molecule has 34 heavy (non-hydrogen) atoms. The third-order valence-electron chi connectivity index (χ3n) is 6.55. The minimum absolute atomic E-state index is 0.189. The van der Waals surface area contributed by atoms with Crippen molar-refractivity contribution >= 4 is 20.2 Å². The zero-order chi connectivity index (χ0) is 25.7. The Hall–Kier alpha value is -0.581. The van der Waals surface area contributed by atoms with Crippen molar-refractivity contribution in [2.24, 2.45) is 11.5 Å². The van der Waals surface area contributed by atoms with E-state index in [1.807, 2.05) is 0 Å². The summed E-state index contributed by atoms with van der Waals surface area (Å²) in [6.07, 6.45) is 0. The third kappa shape index (κ3) is 7.23. The van der Waals surface area contributed by atoms with Gasteiger partial charge in [0.1, 0.15) is 0 Å². The van der Waals surface area contributed by atoms with E-state index in [1.165, 1.54) is 33.4 Å². The van der Waals surface area contributed by atoms with Crippen molar-refractivity contribution in [3.63, 3.8) is 0 Å². The SMILES string of the molecule is CC(C)c1cccc(C(C)C)c1C(N)C[N](CC(N)c1c(C(C)C)cccc1C(C)C)[Mn]([Cl])[Cl]. The van der Waals surface area contributed by atoms with Crippen molar-refractivity contribution in [1.29, 1.82) is 0 Å². The first-order valence-corrected chi connectivity index (χ1v) is 16.2. The molecule has 4 N–H and O–H groups in total. The van der Waals surface area contributed by atoms with Crippen LogP contribution in [0.1, 0.15) is 125 Å². The Bertz CT molecular complexity index is 804. The topological polar surface area (TPSA) is 55.3 Å². The van der Waals surface area contributed by atoms with Gasteiger partial charge in [-0.15, -0.1) is 0 Å². The Morgan fingerprint density at radius 2 is 0.882 bits per heavy atom. The number of rotatable bonds is 11. The van der Waals surface area contributed by atoms with E-state index in [9.17, 15) is 0 Å². The first-order valence-electron chi connectivity index (χ1n) is 12.4. The fourth-order valence-electron chi connectivity index (χ4n) is 4.86. The van der Waals surface area contributed by atoms with Crippen LogP contribution in [0.3, 0.4) is 0 Å². The number of nitrogens with zero attached hydrogens (tertiary/aromatic N) is 1. The predicted octanol–water partition coefficient (Wildman–Crippen LogP) is 8.02. The van der Waals surface area contributed by atoms with Gasteiger partial charge in [-0.25, -0.2) is 0 Å². The second-order valence-electron chi connectivity index (χ2n) is 10.5. The molecule has 0 saturated carbocycles. The Balaban J connectivity index is 2.41. The minimum atomic E-state index is -1.81.